The highest BCUT2D eigenvalue weighted by atomic mass is 16.5. The molecule has 4 heteroatoms. The minimum atomic E-state index is -0.156. The lowest BCUT2D eigenvalue weighted by Gasteiger charge is -2.09. The molecule has 1 aromatic carbocycles. The average molecular weight is 289 g/mol. The summed E-state index contributed by atoms with van der Waals surface area (Å²) in [6.45, 7) is 5.86. The minimum Gasteiger partial charge on any atom is -0.395 e. The van der Waals surface area contributed by atoms with Crippen LogP contribution in [-0.2, 0) is 4.74 Å². The first-order valence-electron chi connectivity index (χ1n) is 7.20. The predicted octanol–water partition coefficient (Wildman–Crippen LogP) is 1.82. The van der Waals surface area contributed by atoms with Crippen molar-refractivity contribution in [3.8, 4) is 11.8 Å². The second-order valence-electron chi connectivity index (χ2n) is 5.05. The molecule has 0 spiro atoms. The van der Waals surface area contributed by atoms with Gasteiger partial charge in [0.2, 0.25) is 0 Å². The SMILES string of the molecule is CC(C)COCCNC(=O)c1ccccc1C#CCCO. The maximum absolute atomic E-state index is 12.1. The normalized spacial score (nSPS) is 10.1. The van der Waals surface area contributed by atoms with Crippen LogP contribution >= 0.6 is 0 Å². The number of carbonyl (C=O) groups excluding carboxylic acids is 1. The molecule has 1 rings (SSSR count). The fourth-order valence-electron chi connectivity index (χ4n) is 1.65. The van der Waals surface area contributed by atoms with Gasteiger partial charge in [-0.05, 0) is 18.1 Å². The Balaban J connectivity index is 2.52. The molecule has 0 saturated carbocycles. The summed E-state index contributed by atoms with van der Waals surface area (Å²) in [6, 6.07) is 7.19. The quantitative estimate of drug-likeness (QED) is 0.594. The van der Waals surface area contributed by atoms with Crippen molar-refractivity contribution in [3.05, 3.63) is 35.4 Å². The second kappa shape index (κ2) is 9.98. The zero-order chi connectivity index (χ0) is 15.5. The van der Waals surface area contributed by atoms with Gasteiger partial charge in [-0.2, -0.15) is 0 Å². The summed E-state index contributed by atoms with van der Waals surface area (Å²) in [5.74, 6) is 6.07. The third-order valence-electron chi connectivity index (χ3n) is 2.61. The predicted molar refractivity (Wildman–Crippen MR) is 83.0 cm³/mol. The van der Waals surface area contributed by atoms with Gasteiger partial charge in [-0.15, -0.1) is 0 Å². The van der Waals surface area contributed by atoms with Gasteiger partial charge >= 0.3 is 0 Å². The lowest BCUT2D eigenvalue weighted by Crippen LogP contribution is -2.28. The Morgan fingerprint density at radius 2 is 2.14 bits per heavy atom. The molecule has 0 aromatic heterocycles. The summed E-state index contributed by atoms with van der Waals surface area (Å²) in [7, 11) is 0. The Morgan fingerprint density at radius 1 is 1.38 bits per heavy atom. The Morgan fingerprint density at radius 3 is 2.86 bits per heavy atom. The Hall–Kier alpha value is -1.83. The summed E-state index contributed by atoms with van der Waals surface area (Å²) in [6.07, 6.45) is 0.402. The van der Waals surface area contributed by atoms with Crippen molar-refractivity contribution in [3.63, 3.8) is 0 Å². The van der Waals surface area contributed by atoms with E-state index in [0.717, 1.165) is 0 Å². The molecule has 0 atom stereocenters. The van der Waals surface area contributed by atoms with E-state index < -0.39 is 0 Å². The third kappa shape index (κ3) is 6.94. The summed E-state index contributed by atoms with van der Waals surface area (Å²) in [4.78, 5) is 12.1. The molecule has 0 unspecified atom stereocenters. The average Bonchev–Trinajstić information content (AvgIpc) is 2.47. The summed E-state index contributed by atoms with van der Waals surface area (Å²) in [5.41, 5.74) is 1.22. The first-order chi connectivity index (χ1) is 10.1. The minimum absolute atomic E-state index is 0.0224. The van der Waals surface area contributed by atoms with Crippen molar-refractivity contribution in [1.29, 1.82) is 0 Å². The molecule has 0 aliphatic heterocycles. The van der Waals surface area contributed by atoms with Crippen LogP contribution in [0.15, 0.2) is 24.3 Å². The van der Waals surface area contributed by atoms with Crippen LogP contribution in [0.5, 0.6) is 0 Å². The first-order valence-corrected chi connectivity index (χ1v) is 7.20. The van der Waals surface area contributed by atoms with Crippen LogP contribution in [0.1, 0.15) is 36.2 Å². The molecule has 114 valence electrons. The van der Waals surface area contributed by atoms with Gasteiger partial charge in [0.15, 0.2) is 0 Å². The number of aliphatic hydroxyl groups excluding tert-OH is 1. The Labute approximate surface area is 126 Å². The fraction of sp³-hybridized carbons (Fsp3) is 0.471. The monoisotopic (exact) mass is 289 g/mol. The molecule has 0 aliphatic rings. The summed E-state index contributed by atoms with van der Waals surface area (Å²) in [5, 5.41) is 11.6. The second-order valence-corrected chi connectivity index (χ2v) is 5.05. The van der Waals surface area contributed by atoms with Crippen LogP contribution in [-0.4, -0.2) is 37.4 Å². The highest BCUT2D eigenvalue weighted by molar-refractivity contribution is 5.96. The maximum Gasteiger partial charge on any atom is 0.252 e. The molecule has 1 amide bonds. The van der Waals surface area contributed by atoms with E-state index in [1.165, 1.54) is 0 Å². The van der Waals surface area contributed by atoms with Crippen LogP contribution in [0.2, 0.25) is 0 Å². The van der Waals surface area contributed by atoms with E-state index in [0.29, 0.717) is 43.2 Å². The van der Waals surface area contributed by atoms with Gasteiger partial charge in [-0.1, -0.05) is 37.8 Å². The molecule has 0 saturated heterocycles. The smallest absolute Gasteiger partial charge is 0.252 e. The van der Waals surface area contributed by atoms with Gasteiger partial charge in [0.1, 0.15) is 0 Å². The van der Waals surface area contributed by atoms with Gasteiger partial charge in [0.25, 0.3) is 5.91 Å². The topological polar surface area (TPSA) is 58.6 Å². The molecule has 0 radical (unpaired) electrons. The molecular weight excluding hydrogens is 266 g/mol. The number of carbonyl (C=O) groups is 1. The number of aliphatic hydroxyl groups is 1. The zero-order valence-corrected chi connectivity index (χ0v) is 12.7. The molecule has 0 aliphatic carbocycles. The number of benzene rings is 1. The van der Waals surface area contributed by atoms with E-state index in [1.54, 1.807) is 18.2 Å². The standard InChI is InChI=1S/C17H23NO3/c1-14(2)13-21-12-10-18-17(20)16-9-4-3-7-15(16)8-5-6-11-19/h3-4,7,9,14,19H,6,10-13H2,1-2H3,(H,18,20). The van der Waals surface area contributed by atoms with E-state index in [-0.39, 0.29) is 12.5 Å². The molecular formula is C17H23NO3. The van der Waals surface area contributed by atoms with Gasteiger partial charge in [-0.25, -0.2) is 0 Å². The van der Waals surface area contributed by atoms with Gasteiger partial charge in [0, 0.05) is 25.1 Å². The summed E-state index contributed by atoms with van der Waals surface area (Å²) < 4.78 is 5.42. The van der Waals surface area contributed by atoms with E-state index in [9.17, 15) is 4.79 Å². The molecule has 21 heavy (non-hydrogen) atoms. The van der Waals surface area contributed by atoms with Crippen molar-refractivity contribution in [2.75, 3.05) is 26.4 Å². The van der Waals surface area contributed by atoms with E-state index >= 15 is 0 Å². The van der Waals surface area contributed by atoms with E-state index in [2.05, 4.69) is 31.0 Å². The number of hydrogen-bond donors (Lipinski definition) is 2. The van der Waals surface area contributed by atoms with Crippen molar-refractivity contribution in [2.24, 2.45) is 5.92 Å². The highest BCUT2D eigenvalue weighted by Gasteiger charge is 2.08. The fourth-order valence-corrected chi connectivity index (χ4v) is 1.65. The number of hydrogen-bond acceptors (Lipinski definition) is 3. The largest absolute Gasteiger partial charge is 0.395 e. The van der Waals surface area contributed by atoms with Crippen LogP contribution in [0.25, 0.3) is 0 Å². The summed E-state index contributed by atoms with van der Waals surface area (Å²) >= 11 is 0. The molecule has 1 aromatic rings. The van der Waals surface area contributed by atoms with Crippen LogP contribution in [0.3, 0.4) is 0 Å². The van der Waals surface area contributed by atoms with Crippen LogP contribution in [0, 0.1) is 17.8 Å². The van der Waals surface area contributed by atoms with Gasteiger partial charge < -0.3 is 15.2 Å². The molecule has 0 fully saturated rings. The number of amides is 1. The lowest BCUT2D eigenvalue weighted by atomic mass is 10.1. The van der Waals surface area contributed by atoms with Crippen molar-refractivity contribution < 1.29 is 14.6 Å². The Kier molecular flexibility index (Phi) is 8.18. The van der Waals surface area contributed by atoms with Crippen LogP contribution in [0.4, 0.5) is 0 Å². The lowest BCUT2D eigenvalue weighted by molar-refractivity contribution is 0.0886. The molecule has 2 N–H and O–H groups in total. The molecule has 4 nitrogen and oxygen atoms in total. The Bertz CT molecular complexity index is 500. The van der Waals surface area contributed by atoms with Crippen LogP contribution < -0.4 is 5.32 Å². The maximum atomic E-state index is 12.1. The zero-order valence-electron chi connectivity index (χ0n) is 12.7. The molecule has 0 heterocycles. The van der Waals surface area contributed by atoms with Crippen molar-refractivity contribution in [1.82, 2.24) is 5.32 Å². The van der Waals surface area contributed by atoms with E-state index in [4.69, 9.17) is 9.84 Å². The van der Waals surface area contributed by atoms with Crippen molar-refractivity contribution >= 4 is 5.91 Å². The molecule has 0 bridgehead atoms. The number of nitrogens with one attached hydrogen (secondary N) is 1. The third-order valence-corrected chi connectivity index (χ3v) is 2.61. The number of ether oxygens (including phenoxy) is 1. The first kappa shape index (κ1) is 17.2. The van der Waals surface area contributed by atoms with E-state index in [1.807, 2.05) is 6.07 Å². The van der Waals surface area contributed by atoms with Gasteiger partial charge in [-0.3, -0.25) is 4.79 Å². The highest BCUT2D eigenvalue weighted by Crippen LogP contribution is 2.07. The van der Waals surface area contributed by atoms with Crippen molar-refractivity contribution in [2.45, 2.75) is 20.3 Å². The van der Waals surface area contributed by atoms with Gasteiger partial charge in [0.05, 0.1) is 18.8 Å². The number of rotatable bonds is 7.